The van der Waals surface area contributed by atoms with Crippen molar-refractivity contribution in [3.63, 3.8) is 0 Å². The number of rotatable bonds is 4. The molecule has 2 fully saturated rings. The first-order valence-electron chi connectivity index (χ1n) is 8.09. The molecular formula is C16H31NO. The van der Waals surface area contributed by atoms with Gasteiger partial charge in [-0.05, 0) is 57.5 Å². The van der Waals surface area contributed by atoms with E-state index in [4.69, 9.17) is 0 Å². The molecule has 0 bridgehead atoms. The maximum atomic E-state index is 9.88. The molecule has 1 aliphatic carbocycles. The maximum Gasteiger partial charge on any atom is 0.0667 e. The van der Waals surface area contributed by atoms with Gasteiger partial charge in [-0.25, -0.2) is 0 Å². The highest BCUT2D eigenvalue weighted by molar-refractivity contribution is 4.82. The lowest BCUT2D eigenvalue weighted by Gasteiger charge is -2.38. The second-order valence-corrected chi connectivity index (χ2v) is 6.77. The van der Waals surface area contributed by atoms with Crippen molar-refractivity contribution < 1.29 is 5.11 Å². The minimum Gasteiger partial charge on any atom is -0.392 e. The second-order valence-electron chi connectivity index (χ2n) is 6.77. The highest BCUT2D eigenvalue weighted by Crippen LogP contribution is 2.31. The Bertz CT molecular complexity index is 241. The monoisotopic (exact) mass is 253 g/mol. The molecule has 106 valence electrons. The van der Waals surface area contributed by atoms with Gasteiger partial charge in [0.2, 0.25) is 0 Å². The summed E-state index contributed by atoms with van der Waals surface area (Å²) in [4.78, 5) is 2.56. The molecule has 0 amide bonds. The molecule has 18 heavy (non-hydrogen) atoms. The minimum absolute atomic E-state index is 0.157. The highest BCUT2D eigenvalue weighted by atomic mass is 16.3. The number of aliphatic hydroxyl groups excluding tert-OH is 1. The van der Waals surface area contributed by atoms with Crippen molar-refractivity contribution in [2.75, 3.05) is 13.1 Å². The fraction of sp³-hybridized carbons (Fsp3) is 1.00. The fourth-order valence-corrected chi connectivity index (χ4v) is 4.01. The molecule has 0 radical (unpaired) electrons. The third-order valence-electron chi connectivity index (χ3n) is 5.09. The number of hydrogen-bond donors (Lipinski definition) is 1. The van der Waals surface area contributed by atoms with Crippen molar-refractivity contribution >= 4 is 0 Å². The summed E-state index contributed by atoms with van der Waals surface area (Å²) in [6.07, 6.45) is 10.8. The molecule has 1 saturated heterocycles. The van der Waals surface area contributed by atoms with Gasteiger partial charge in [-0.2, -0.15) is 0 Å². The normalized spacial score (nSPS) is 36.5. The fourth-order valence-electron chi connectivity index (χ4n) is 4.01. The van der Waals surface area contributed by atoms with Crippen molar-refractivity contribution in [1.82, 2.24) is 4.90 Å². The van der Waals surface area contributed by atoms with Crippen molar-refractivity contribution in [2.45, 2.75) is 77.4 Å². The van der Waals surface area contributed by atoms with Crippen LogP contribution < -0.4 is 0 Å². The van der Waals surface area contributed by atoms with E-state index in [2.05, 4.69) is 11.8 Å². The van der Waals surface area contributed by atoms with Gasteiger partial charge < -0.3 is 5.11 Å². The van der Waals surface area contributed by atoms with Crippen LogP contribution in [0, 0.1) is 11.8 Å². The molecule has 2 heteroatoms. The van der Waals surface area contributed by atoms with Crippen LogP contribution in [-0.4, -0.2) is 35.2 Å². The van der Waals surface area contributed by atoms with Gasteiger partial charge in [0.25, 0.3) is 0 Å². The maximum absolute atomic E-state index is 9.88. The molecule has 0 spiro atoms. The lowest BCUT2D eigenvalue weighted by Crippen LogP contribution is -2.46. The zero-order chi connectivity index (χ0) is 13.0. The Balaban J connectivity index is 1.77. The largest absolute Gasteiger partial charge is 0.392 e. The average Bonchev–Trinajstić information content (AvgIpc) is 2.37. The third kappa shape index (κ3) is 3.96. The Morgan fingerprint density at radius 3 is 2.72 bits per heavy atom. The van der Waals surface area contributed by atoms with Crippen LogP contribution in [-0.2, 0) is 0 Å². The van der Waals surface area contributed by atoms with Gasteiger partial charge >= 0.3 is 0 Å². The summed E-state index contributed by atoms with van der Waals surface area (Å²) in [5, 5.41) is 9.88. The molecule has 1 aliphatic heterocycles. The smallest absolute Gasteiger partial charge is 0.0667 e. The summed E-state index contributed by atoms with van der Waals surface area (Å²) >= 11 is 0. The van der Waals surface area contributed by atoms with E-state index < -0.39 is 0 Å². The average molecular weight is 253 g/mol. The number of likely N-dealkylation sites (tertiary alicyclic amines) is 1. The molecule has 1 saturated carbocycles. The van der Waals surface area contributed by atoms with E-state index in [1.54, 1.807) is 0 Å². The quantitative estimate of drug-likeness (QED) is 0.829. The van der Waals surface area contributed by atoms with Gasteiger partial charge in [-0.1, -0.05) is 32.6 Å². The van der Waals surface area contributed by atoms with Gasteiger partial charge in [-0.3, -0.25) is 4.90 Å². The molecule has 2 nitrogen and oxygen atoms in total. The van der Waals surface area contributed by atoms with Gasteiger partial charge in [0.05, 0.1) is 6.10 Å². The van der Waals surface area contributed by atoms with Crippen LogP contribution in [0.25, 0.3) is 0 Å². The van der Waals surface area contributed by atoms with Crippen LogP contribution in [0.5, 0.6) is 0 Å². The summed E-state index contributed by atoms with van der Waals surface area (Å²) in [6, 6.07) is 0.430. The zero-order valence-electron chi connectivity index (χ0n) is 12.3. The van der Waals surface area contributed by atoms with E-state index in [0.29, 0.717) is 6.04 Å². The molecule has 0 aromatic carbocycles. The third-order valence-corrected chi connectivity index (χ3v) is 5.09. The summed E-state index contributed by atoms with van der Waals surface area (Å²) in [6.45, 7) is 6.79. The molecule has 4 atom stereocenters. The predicted molar refractivity (Wildman–Crippen MR) is 76.6 cm³/mol. The summed E-state index contributed by atoms with van der Waals surface area (Å²) < 4.78 is 0. The van der Waals surface area contributed by atoms with E-state index in [-0.39, 0.29) is 6.10 Å². The van der Waals surface area contributed by atoms with Gasteiger partial charge in [0.15, 0.2) is 0 Å². The first-order chi connectivity index (χ1) is 8.66. The molecule has 1 N–H and O–H groups in total. The first kappa shape index (κ1) is 14.3. The molecular weight excluding hydrogens is 222 g/mol. The molecule has 2 aliphatic rings. The Morgan fingerprint density at radius 1 is 1.17 bits per heavy atom. The summed E-state index contributed by atoms with van der Waals surface area (Å²) in [7, 11) is 0. The van der Waals surface area contributed by atoms with Crippen molar-refractivity contribution in [3.8, 4) is 0 Å². The SMILES string of the molecule is CC1CCCC(CCN2CCCCC2C(C)O)C1. The Kier molecular flexibility index (Phi) is 5.50. The van der Waals surface area contributed by atoms with Gasteiger partial charge in [0.1, 0.15) is 0 Å². The highest BCUT2D eigenvalue weighted by Gasteiger charge is 2.27. The van der Waals surface area contributed by atoms with Gasteiger partial charge in [0, 0.05) is 6.04 Å². The van der Waals surface area contributed by atoms with Crippen molar-refractivity contribution in [1.29, 1.82) is 0 Å². The Labute approximate surface area is 113 Å². The number of aliphatic hydroxyl groups is 1. The van der Waals surface area contributed by atoms with Crippen LogP contribution in [0.1, 0.15) is 65.2 Å². The molecule has 4 unspecified atom stereocenters. The van der Waals surface area contributed by atoms with Crippen molar-refractivity contribution in [2.24, 2.45) is 11.8 Å². The number of piperidine rings is 1. The van der Waals surface area contributed by atoms with E-state index in [0.717, 1.165) is 11.8 Å². The summed E-state index contributed by atoms with van der Waals surface area (Å²) in [5.74, 6) is 1.89. The molecule has 0 aromatic rings. The first-order valence-corrected chi connectivity index (χ1v) is 8.09. The lowest BCUT2D eigenvalue weighted by molar-refractivity contribution is 0.0315. The molecule has 2 rings (SSSR count). The Hall–Kier alpha value is -0.0800. The van der Waals surface area contributed by atoms with Crippen LogP contribution >= 0.6 is 0 Å². The lowest BCUT2D eigenvalue weighted by atomic mass is 9.80. The van der Waals surface area contributed by atoms with E-state index >= 15 is 0 Å². The van der Waals surface area contributed by atoms with E-state index in [1.807, 2.05) is 6.92 Å². The zero-order valence-corrected chi connectivity index (χ0v) is 12.3. The topological polar surface area (TPSA) is 23.5 Å². The van der Waals surface area contributed by atoms with Crippen LogP contribution in [0.2, 0.25) is 0 Å². The Morgan fingerprint density at radius 2 is 2.00 bits per heavy atom. The van der Waals surface area contributed by atoms with Gasteiger partial charge in [-0.15, -0.1) is 0 Å². The van der Waals surface area contributed by atoms with Crippen LogP contribution in [0.3, 0.4) is 0 Å². The molecule has 1 heterocycles. The number of nitrogens with zero attached hydrogens (tertiary/aromatic N) is 1. The van der Waals surface area contributed by atoms with Crippen LogP contribution in [0.15, 0.2) is 0 Å². The number of hydrogen-bond acceptors (Lipinski definition) is 2. The van der Waals surface area contributed by atoms with Crippen LogP contribution in [0.4, 0.5) is 0 Å². The minimum atomic E-state index is -0.157. The summed E-state index contributed by atoms with van der Waals surface area (Å²) in [5.41, 5.74) is 0. The van der Waals surface area contributed by atoms with Crippen molar-refractivity contribution in [3.05, 3.63) is 0 Å². The van der Waals surface area contributed by atoms with E-state index in [1.165, 1.54) is 64.5 Å². The molecule has 0 aromatic heterocycles. The van der Waals surface area contributed by atoms with E-state index in [9.17, 15) is 5.11 Å². The standard InChI is InChI=1S/C16H31NO/c1-13-6-5-7-15(12-13)9-11-17-10-4-3-8-16(17)14(2)18/h13-16,18H,3-12H2,1-2H3. The predicted octanol–water partition coefficient (Wildman–Crippen LogP) is 3.44. The second kappa shape index (κ2) is 6.91.